The van der Waals surface area contributed by atoms with Crippen LogP contribution in [0.25, 0.3) is 0 Å². The Labute approximate surface area is 167 Å². The molecule has 0 amide bonds. The van der Waals surface area contributed by atoms with Gasteiger partial charge in [-0.2, -0.15) is 0 Å². The van der Waals surface area contributed by atoms with E-state index < -0.39 is 10.0 Å². The van der Waals surface area contributed by atoms with Gasteiger partial charge in [0.1, 0.15) is 4.90 Å². The van der Waals surface area contributed by atoms with Crippen molar-refractivity contribution in [3.05, 3.63) is 58.1 Å². The van der Waals surface area contributed by atoms with Crippen molar-refractivity contribution in [3.63, 3.8) is 0 Å². The van der Waals surface area contributed by atoms with Crippen LogP contribution in [0.4, 0.5) is 5.69 Å². The summed E-state index contributed by atoms with van der Waals surface area (Å²) >= 11 is 11.8. The van der Waals surface area contributed by atoms with E-state index in [1.165, 1.54) is 18.2 Å². The summed E-state index contributed by atoms with van der Waals surface area (Å²) in [5.74, 6) is 0. The van der Waals surface area contributed by atoms with Crippen LogP contribution in [0.1, 0.15) is 19.4 Å². The second-order valence-electron chi connectivity index (χ2n) is 4.87. The van der Waals surface area contributed by atoms with Gasteiger partial charge in [-0.25, -0.2) is 8.42 Å². The maximum Gasteiger partial charge on any atom is 0.263 e. The van der Waals surface area contributed by atoms with Crippen molar-refractivity contribution in [1.29, 1.82) is 0 Å². The monoisotopic (exact) mass is 419 g/mol. The Bertz CT molecular complexity index is 769. The average molecular weight is 420 g/mol. The van der Waals surface area contributed by atoms with E-state index in [4.69, 9.17) is 23.2 Å². The van der Waals surface area contributed by atoms with Crippen LogP contribution in [0, 0.1) is 0 Å². The Morgan fingerprint density at radius 2 is 1.54 bits per heavy atom. The molecule has 0 aromatic heterocycles. The molecule has 0 bridgehead atoms. The van der Waals surface area contributed by atoms with Crippen LogP contribution in [0.15, 0.2) is 47.4 Å². The van der Waals surface area contributed by atoms with Gasteiger partial charge in [0.2, 0.25) is 0 Å². The van der Waals surface area contributed by atoms with Crippen LogP contribution in [0.2, 0.25) is 10.0 Å². The Morgan fingerprint density at radius 3 is 2.08 bits per heavy atom. The number of sulfonamides is 1. The zero-order valence-electron chi connectivity index (χ0n) is 15.7. The molecule has 0 aliphatic rings. The topological polar surface area (TPSA) is 70.2 Å². The fourth-order valence-corrected chi connectivity index (χ4v) is 3.73. The quantitative estimate of drug-likeness (QED) is 0.672. The smallest absolute Gasteiger partial charge is 0.263 e. The van der Waals surface area contributed by atoms with Crippen LogP contribution >= 0.6 is 23.2 Å². The summed E-state index contributed by atoms with van der Waals surface area (Å²) in [5.41, 5.74) is 1.35. The Balaban J connectivity index is 0.00000113. The van der Waals surface area contributed by atoms with Crippen molar-refractivity contribution in [2.24, 2.45) is 0 Å². The molecule has 0 saturated carbocycles. The molecule has 5 nitrogen and oxygen atoms in total. The van der Waals surface area contributed by atoms with Gasteiger partial charge in [0, 0.05) is 11.6 Å². The highest BCUT2D eigenvalue weighted by atomic mass is 35.5. The van der Waals surface area contributed by atoms with Crippen LogP contribution in [-0.2, 0) is 16.6 Å². The molecule has 0 spiro atoms. The van der Waals surface area contributed by atoms with Crippen molar-refractivity contribution in [2.45, 2.75) is 25.3 Å². The predicted octanol–water partition coefficient (Wildman–Crippen LogP) is 4.38. The molecule has 0 atom stereocenters. The molecule has 2 aromatic carbocycles. The highest BCUT2D eigenvalue weighted by Gasteiger charge is 2.19. The summed E-state index contributed by atoms with van der Waals surface area (Å²) in [6.45, 7) is 4.55. The number of rotatable bonds is 5. The summed E-state index contributed by atoms with van der Waals surface area (Å²) in [5, 5.41) is 6.21. The molecule has 0 unspecified atom stereocenters. The lowest BCUT2D eigenvalue weighted by Gasteiger charge is -2.13. The zero-order chi connectivity index (χ0) is 20.2. The first-order valence-electron chi connectivity index (χ1n) is 8.14. The second kappa shape index (κ2) is 12.9. The van der Waals surface area contributed by atoms with Gasteiger partial charge in [0.25, 0.3) is 10.0 Å². The molecular formula is C18H27Cl2N3O2S. The minimum Gasteiger partial charge on any atom is -0.323 e. The molecule has 146 valence electrons. The molecule has 2 aromatic rings. The van der Waals surface area contributed by atoms with Crippen molar-refractivity contribution >= 4 is 38.9 Å². The lowest BCUT2D eigenvalue weighted by atomic mass is 10.2. The van der Waals surface area contributed by atoms with E-state index in [1.807, 2.05) is 40.1 Å². The van der Waals surface area contributed by atoms with E-state index in [1.54, 1.807) is 19.2 Å². The molecule has 0 aliphatic heterocycles. The van der Waals surface area contributed by atoms with E-state index in [9.17, 15) is 8.42 Å². The molecule has 2 rings (SSSR count). The van der Waals surface area contributed by atoms with Crippen LogP contribution in [0.3, 0.4) is 0 Å². The number of nitrogens with one attached hydrogen (secondary N) is 3. The largest absolute Gasteiger partial charge is 0.323 e. The molecule has 0 heterocycles. The Kier molecular flexibility index (Phi) is 12.3. The maximum absolute atomic E-state index is 12.4. The van der Waals surface area contributed by atoms with Gasteiger partial charge >= 0.3 is 0 Å². The number of halogens is 2. The third kappa shape index (κ3) is 7.93. The normalized spacial score (nSPS) is 10.1. The maximum atomic E-state index is 12.4. The summed E-state index contributed by atoms with van der Waals surface area (Å²) in [6.07, 6.45) is 0. The molecule has 0 aliphatic carbocycles. The SMILES string of the molecule is CC.CNC.CNCc1ccccc1NS(=O)(=O)c1ccc(Cl)cc1Cl. The third-order valence-corrected chi connectivity index (χ3v) is 4.90. The number of para-hydroxylation sites is 1. The molecule has 8 heteroatoms. The lowest BCUT2D eigenvalue weighted by molar-refractivity contribution is 0.601. The number of hydrogen-bond acceptors (Lipinski definition) is 4. The van der Waals surface area contributed by atoms with Gasteiger partial charge < -0.3 is 10.6 Å². The third-order valence-electron chi connectivity index (χ3n) is 2.81. The molecule has 0 fully saturated rings. The number of anilines is 1. The molecular weight excluding hydrogens is 393 g/mol. The molecule has 26 heavy (non-hydrogen) atoms. The Hall–Kier alpha value is -1.31. The fraction of sp³-hybridized carbons (Fsp3) is 0.333. The van der Waals surface area contributed by atoms with E-state index in [-0.39, 0.29) is 9.92 Å². The van der Waals surface area contributed by atoms with E-state index in [0.29, 0.717) is 17.3 Å². The van der Waals surface area contributed by atoms with Gasteiger partial charge in [-0.05, 0) is 51.0 Å². The first-order chi connectivity index (χ1) is 12.4. The van der Waals surface area contributed by atoms with Gasteiger partial charge in [0.15, 0.2) is 0 Å². The minimum absolute atomic E-state index is 0.00664. The highest BCUT2D eigenvalue weighted by molar-refractivity contribution is 7.92. The summed E-state index contributed by atoms with van der Waals surface area (Å²) in [7, 11) is 1.77. The summed E-state index contributed by atoms with van der Waals surface area (Å²) in [4.78, 5) is -0.00664. The summed E-state index contributed by atoms with van der Waals surface area (Å²) in [6, 6.07) is 11.4. The van der Waals surface area contributed by atoms with E-state index in [2.05, 4.69) is 15.4 Å². The molecule has 0 radical (unpaired) electrons. The average Bonchev–Trinajstić information content (AvgIpc) is 2.59. The lowest BCUT2D eigenvalue weighted by Crippen LogP contribution is -2.16. The van der Waals surface area contributed by atoms with Gasteiger partial charge in [-0.15, -0.1) is 0 Å². The van der Waals surface area contributed by atoms with Crippen LogP contribution in [0.5, 0.6) is 0 Å². The second-order valence-corrected chi connectivity index (χ2v) is 7.36. The highest BCUT2D eigenvalue weighted by Crippen LogP contribution is 2.27. The van der Waals surface area contributed by atoms with Gasteiger partial charge in [-0.3, -0.25) is 4.72 Å². The van der Waals surface area contributed by atoms with E-state index in [0.717, 1.165) is 5.56 Å². The van der Waals surface area contributed by atoms with Crippen molar-refractivity contribution in [3.8, 4) is 0 Å². The van der Waals surface area contributed by atoms with Crippen LogP contribution < -0.4 is 15.4 Å². The standard InChI is InChI=1S/C14H14Cl2N2O2S.C2H7N.C2H6/c1-17-9-10-4-2-3-5-13(10)18-21(19,20)14-7-6-11(15)8-12(14)16;1-3-2;1-2/h2-8,17-18H,9H2,1H3;3H,1-2H3;1-2H3. The van der Waals surface area contributed by atoms with Crippen molar-refractivity contribution < 1.29 is 8.42 Å². The first kappa shape index (κ1) is 24.7. The fourth-order valence-electron chi connectivity index (χ4n) is 1.86. The van der Waals surface area contributed by atoms with Crippen LogP contribution in [-0.4, -0.2) is 29.6 Å². The summed E-state index contributed by atoms with van der Waals surface area (Å²) < 4.78 is 27.4. The zero-order valence-corrected chi connectivity index (χ0v) is 18.1. The van der Waals surface area contributed by atoms with E-state index >= 15 is 0 Å². The van der Waals surface area contributed by atoms with Crippen molar-refractivity contribution in [1.82, 2.24) is 10.6 Å². The van der Waals surface area contributed by atoms with Gasteiger partial charge in [0.05, 0.1) is 10.7 Å². The number of benzene rings is 2. The van der Waals surface area contributed by atoms with Gasteiger partial charge in [-0.1, -0.05) is 55.2 Å². The minimum atomic E-state index is -3.77. The molecule has 3 N–H and O–H groups in total. The molecule has 0 saturated heterocycles. The number of hydrogen-bond donors (Lipinski definition) is 3. The Morgan fingerprint density at radius 1 is 0.962 bits per heavy atom. The van der Waals surface area contributed by atoms with Crippen molar-refractivity contribution in [2.75, 3.05) is 25.9 Å². The predicted molar refractivity (Wildman–Crippen MR) is 113 cm³/mol. The first-order valence-corrected chi connectivity index (χ1v) is 10.4.